The van der Waals surface area contributed by atoms with Gasteiger partial charge in [0.15, 0.2) is 0 Å². The molecule has 0 aromatic heterocycles. The van der Waals surface area contributed by atoms with Gasteiger partial charge in [-0.15, -0.1) is 0 Å². The first-order chi connectivity index (χ1) is 13.6. The van der Waals surface area contributed by atoms with Gasteiger partial charge in [0, 0.05) is 12.8 Å². The molecule has 0 fully saturated rings. The lowest BCUT2D eigenvalue weighted by Gasteiger charge is -2.18. The Hall–Kier alpha value is -1.06. The number of unbranched alkanes of at least 4 members (excludes halogenated alkanes) is 12. The van der Waals surface area contributed by atoms with Crippen LogP contribution in [-0.2, 0) is 14.3 Å². The normalized spacial score (nSPS) is 12.1. The van der Waals surface area contributed by atoms with Crippen LogP contribution in [-0.4, -0.2) is 23.1 Å². The Morgan fingerprint density at radius 2 is 1.07 bits per heavy atom. The van der Waals surface area contributed by atoms with E-state index in [4.69, 9.17) is 9.84 Å². The monoisotopic (exact) mass is 398 g/mol. The molecular formula is C24H46O4. The maximum absolute atomic E-state index is 12.1. The van der Waals surface area contributed by atoms with Gasteiger partial charge in [-0.2, -0.15) is 0 Å². The largest absolute Gasteiger partial charge is 0.481 e. The number of hydrogen-bond acceptors (Lipinski definition) is 3. The minimum absolute atomic E-state index is 0.0498. The van der Waals surface area contributed by atoms with Crippen molar-refractivity contribution in [1.82, 2.24) is 0 Å². The number of rotatable bonds is 21. The predicted molar refractivity (Wildman–Crippen MR) is 117 cm³/mol. The Kier molecular flexibility index (Phi) is 19.9. The van der Waals surface area contributed by atoms with Gasteiger partial charge < -0.3 is 9.84 Å². The Bertz CT molecular complexity index is 368. The van der Waals surface area contributed by atoms with Crippen LogP contribution < -0.4 is 0 Å². The van der Waals surface area contributed by atoms with Crippen molar-refractivity contribution in [3.8, 4) is 0 Å². The molecule has 0 bridgehead atoms. The van der Waals surface area contributed by atoms with E-state index in [0.29, 0.717) is 19.3 Å². The number of carboxylic acid groups (broad SMARTS) is 1. The highest BCUT2D eigenvalue weighted by molar-refractivity contribution is 5.70. The molecule has 4 heteroatoms. The summed E-state index contributed by atoms with van der Waals surface area (Å²) in [7, 11) is 0. The molecule has 1 N–H and O–H groups in total. The number of ether oxygens (including phenoxy) is 1. The first-order valence-corrected chi connectivity index (χ1v) is 12.0. The highest BCUT2D eigenvalue weighted by Crippen LogP contribution is 2.18. The van der Waals surface area contributed by atoms with Crippen molar-refractivity contribution in [3.05, 3.63) is 0 Å². The second-order valence-electron chi connectivity index (χ2n) is 8.18. The summed E-state index contributed by atoms with van der Waals surface area (Å²) in [5, 5.41) is 8.67. The number of carbonyl (C=O) groups excluding carboxylic acids is 1. The minimum Gasteiger partial charge on any atom is -0.481 e. The van der Waals surface area contributed by atoms with Gasteiger partial charge in [-0.05, 0) is 38.5 Å². The van der Waals surface area contributed by atoms with Gasteiger partial charge in [-0.3, -0.25) is 9.59 Å². The summed E-state index contributed by atoms with van der Waals surface area (Å²) >= 11 is 0. The number of carboxylic acids is 1. The molecule has 0 aliphatic carbocycles. The van der Waals surface area contributed by atoms with Crippen LogP contribution in [0.25, 0.3) is 0 Å². The Balaban J connectivity index is 4.05. The molecule has 0 saturated carbocycles. The quantitative estimate of drug-likeness (QED) is 0.161. The molecule has 0 rings (SSSR count). The van der Waals surface area contributed by atoms with E-state index in [2.05, 4.69) is 13.8 Å². The summed E-state index contributed by atoms with van der Waals surface area (Å²) in [6, 6.07) is 0. The fourth-order valence-corrected chi connectivity index (χ4v) is 3.53. The van der Waals surface area contributed by atoms with Gasteiger partial charge in [0.05, 0.1) is 0 Å². The zero-order valence-corrected chi connectivity index (χ0v) is 18.7. The molecule has 0 aliphatic heterocycles. The summed E-state index contributed by atoms with van der Waals surface area (Å²) in [6.45, 7) is 4.47. The second kappa shape index (κ2) is 20.7. The molecule has 1 atom stereocenters. The van der Waals surface area contributed by atoms with Crippen LogP contribution in [0, 0.1) is 0 Å². The third kappa shape index (κ3) is 19.7. The molecule has 28 heavy (non-hydrogen) atoms. The van der Waals surface area contributed by atoms with Crippen molar-refractivity contribution in [2.45, 2.75) is 142 Å². The maximum atomic E-state index is 12.1. The van der Waals surface area contributed by atoms with Crippen LogP contribution in [0.15, 0.2) is 0 Å². The molecule has 4 nitrogen and oxygen atoms in total. The van der Waals surface area contributed by atoms with E-state index in [-0.39, 0.29) is 18.5 Å². The Morgan fingerprint density at radius 1 is 0.643 bits per heavy atom. The summed E-state index contributed by atoms with van der Waals surface area (Å²) < 4.78 is 5.74. The first kappa shape index (κ1) is 26.9. The fraction of sp³-hybridized carbons (Fsp3) is 0.917. The zero-order chi connectivity index (χ0) is 20.9. The van der Waals surface area contributed by atoms with E-state index >= 15 is 0 Å². The van der Waals surface area contributed by atoms with E-state index in [9.17, 15) is 9.59 Å². The van der Waals surface area contributed by atoms with E-state index in [1.807, 2.05) is 0 Å². The van der Waals surface area contributed by atoms with Crippen molar-refractivity contribution in [1.29, 1.82) is 0 Å². The van der Waals surface area contributed by atoms with Crippen LogP contribution >= 0.6 is 0 Å². The second-order valence-corrected chi connectivity index (χ2v) is 8.18. The number of aliphatic carboxylic acids is 1. The number of hydrogen-bond donors (Lipinski definition) is 1. The van der Waals surface area contributed by atoms with Crippen molar-refractivity contribution >= 4 is 11.9 Å². The smallest absolute Gasteiger partial charge is 0.306 e. The standard InChI is InChI=1S/C24H46O4/c1-3-5-7-9-11-13-15-19-22(18-14-12-10-8-6-4-2)28-24(27)21-17-16-20-23(25)26/h22H,3-21H2,1-2H3,(H,25,26). The minimum atomic E-state index is -0.798. The van der Waals surface area contributed by atoms with Crippen LogP contribution in [0.5, 0.6) is 0 Å². The molecule has 0 heterocycles. The topological polar surface area (TPSA) is 63.6 Å². The number of carbonyl (C=O) groups is 2. The van der Waals surface area contributed by atoms with E-state index in [0.717, 1.165) is 25.7 Å². The molecule has 166 valence electrons. The third-order valence-electron chi connectivity index (χ3n) is 5.33. The fourth-order valence-electron chi connectivity index (χ4n) is 3.53. The average molecular weight is 399 g/mol. The van der Waals surface area contributed by atoms with Gasteiger partial charge >= 0.3 is 11.9 Å². The summed E-state index contributed by atoms with van der Waals surface area (Å²) in [6.07, 6.45) is 20.1. The van der Waals surface area contributed by atoms with E-state index in [1.54, 1.807) is 0 Å². The van der Waals surface area contributed by atoms with E-state index < -0.39 is 5.97 Å². The van der Waals surface area contributed by atoms with Crippen LogP contribution in [0.4, 0.5) is 0 Å². The lowest BCUT2D eigenvalue weighted by Crippen LogP contribution is -2.18. The first-order valence-electron chi connectivity index (χ1n) is 12.0. The molecule has 0 aliphatic rings. The predicted octanol–water partition coefficient (Wildman–Crippen LogP) is 7.43. The highest BCUT2D eigenvalue weighted by Gasteiger charge is 2.14. The molecule has 0 saturated heterocycles. The molecule has 0 aromatic rings. The summed E-state index contributed by atoms with van der Waals surface area (Å²) in [4.78, 5) is 22.7. The average Bonchev–Trinajstić information content (AvgIpc) is 2.66. The molecule has 0 aromatic carbocycles. The van der Waals surface area contributed by atoms with Crippen LogP contribution in [0.2, 0.25) is 0 Å². The summed E-state index contributed by atoms with van der Waals surface area (Å²) in [5.74, 6) is -0.947. The summed E-state index contributed by atoms with van der Waals surface area (Å²) in [5.41, 5.74) is 0. The van der Waals surface area contributed by atoms with Gasteiger partial charge in [0.2, 0.25) is 0 Å². The van der Waals surface area contributed by atoms with E-state index in [1.165, 1.54) is 70.6 Å². The number of esters is 1. The molecule has 0 radical (unpaired) electrons. The van der Waals surface area contributed by atoms with Gasteiger partial charge in [-0.25, -0.2) is 0 Å². The van der Waals surface area contributed by atoms with Crippen molar-refractivity contribution in [2.75, 3.05) is 0 Å². The lowest BCUT2D eigenvalue weighted by molar-refractivity contribution is -0.150. The van der Waals surface area contributed by atoms with Gasteiger partial charge in [0.25, 0.3) is 0 Å². The zero-order valence-electron chi connectivity index (χ0n) is 18.7. The molecule has 0 spiro atoms. The SMILES string of the molecule is CCCCCCCCCC(CCCCCCCC)OC(=O)CCCCC(=O)O. The molecule has 1 unspecified atom stereocenters. The van der Waals surface area contributed by atoms with Crippen molar-refractivity contribution in [3.63, 3.8) is 0 Å². The van der Waals surface area contributed by atoms with Gasteiger partial charge in [-0.1, -0.05) is 84.5 Å². The van der Waals surface area contributed by atoms with Crippen LogP contribution in [0.3, 0.4) is 0 Å². The lowest BCUT2D eigenvalue weighted by atomic mass is 10.0. The Labute approximate surface area is 173 Å². The molecular weight excluding hydrogens is 352 g/mol. The van der Waals surface area contributed by atoms with Gasteiger partial charge in [0.1, 0.15) is 6.10 Å². The van der Waals surface area contributed by atoms with Crippen molar-refractivity contribution in [2.24, 2.45) is 0 Å². The van der Waals surface area contributed by atoms with Crippen LogP contribution in [0.1, 0.15) is 136 Å². The van der Waals surface area contributed by atoms with Crippen molar-refractivity contribution < 1.29 is 19.4 Å². The maximum Gasteiger partial charge on any atom is 0.306 e. The third-order valence-corrected chi connectivity index (χ3v) is 5.33. The molecule has 0 amide bonds. The highest BCUT2D eigenvalue weighted by atomic mass is 16.5. The Morgan fingerprint density at radius 3 is 1.54 bits per heavy atom.